The van der Waals surface area contributed by atoms with Crippen molar-refractivity contribution in [1.82, 2.24) is 5.32 Å². The number of methoxy groups -OCH3 is 1. The van der Waals surface area contributed by atoms with E-state index in [0.717, 1.165) is 5.56 Å². The topological polar surface area (TPSA) is 107 Å². The van der Waals surface area contributed by atoms with Gasteiger partial charge in [0.1, 0.15) is 11.8 Å². The Bertz CT molecular complexity index is 829. The van der Waals surface area contributed by atoms with Crippen LogP contribution in [0.1, 0.15) is 30.0 Å². The van der Waals surface area contributed by atoms with Crippen molar-refractivity contribution >= 4 is 23.5 Å². The van der Waals surface area contributed by atoms with Gasteiger partial charge in [0, 0.05) is 0 Å². The lowest BCUT2D eigenvalue weighted by molar-refractivity contribution is -0.150. The minimum atomic E-state index is -0.918. The van der Waals surface area contributed by atoms with Crippen LogP contribution in [0, 0.1) is 12.8 Å². The molecular formula is C20H24N2O6. The number of aryl methyl sites for hydroxylation is 1. The predicted octanol–water partition coefficient (Wildman–Crippen LogP) is 2.53. The van der Waals surface area contributed by atoms with Gasteiger partial charge in [0.15, 0.2) is 12.4 Å². The molecule has 1 aromatic heterocycles. The quantitative estimate of drug-likeness (QED) is 0.673. The van der Waals surface area contributed by atoms with Gasteiger partial charge in [0.05, 0.1) is 19.1 Å². The number of ether oxygens (including phenoxy) is 2. The Morgan fingerprint density at radius 3 is 2.54 bits per heavy atom. The summed E-state index contributed by atoms with van der Waals surface area (Å²) in [6.07, 6.45) is 1.36. The molecule has 0 fully saturated rings. The van der Waals surface area contributed by atoms with Crippen molar-refractivity contribution in [2.24, 2.45) is 5.92 Å². The fraction of sp³-hybridized carbons (Fsp3) is 0.350. The van der Waals surface area contributed by atoms with Gasteiger partial charge in [-0.1, -0.05) is 19.9 Å². The molecule has 2 N–H and O–H groups in total. The van der Waals surface area contributed by atoms with Gasteiger partial charge >= 0.3 is 5.97 Å². The number of carbonyl (C=O) groups excluding carboxylic acids is 3. The van der Waals surface area contributed by atoms with Gasteiger partial charge in [-0.15, -0.1) is 0 Å². The standard InChI is InChI=1S/C20H24N2O6/c1-12(2)18(22-19(24)16-6-5-9-27-16)20(25)28-11-17(23)21-14-10-13(3)7-8-15(14)26-4/h5-10,12,18H,11H2,1-4H3,(H,21,23)(H,22,24)/t18-/m0/s1. The largest absolute Gasteiger partial charge is 0.495 e. The third-order valence-electron chi connectivity index (χ3n) is 3.93. The van der Waals surface area contributed by atoms with Gasteiger partial charge in [0.2, 0.25) is 0 Å². The Hall–Kier alpha value is -3.29. The van der Waals surface area contributed by atoms with E-state index in [0.29, 0.717) is 11.4 Å². The first-order valence-corrected chi connectivity index (χ1v) is 8.77. The molecule has 0 saturated carbocycles. The Balaban J connectivity index is 1.94. The molecule has 0 aliphatic carbocycles. The van der Waals surface area contributed by atoms with Crippen molar-refractivity contribution in [1.29, 1.82) is 0 Å². The Kier molecular flexibility index (Phi) is 7.20. The molecule has 1 aromatic carbocycles. The lowest BCUT2D eigenvalue weighted by Gasteiger charge is -2.20. The van der Waals surface area contributed by atoms with Crippen molar-refractivity contribution in [2.45, 2.75) is 26.8 Å². The number of hydrogen-bond acceptors (Lipinski definition) is 6. The zero-order valence-corrected chi connectivity index (χ0v) is 16.3. The Labute approximate surface area is 163 Å². The van der Waals surface area contributed by atoms with Crippen LogP contribution in [0.25, 0.3) is 0 Å². The second kappa shape index (κ2) is 9.59. The monoisotopic (exact) mass is 388 g/mol. The summed E-state index contributed by atoms with van der Waals surface area (Å²) in [5.41, 5.74) is 1.42. The van der Waals surface area contributed by atoms with E-state index >= 15 is 0 Å². The predicted molar refractivity (Wildman–Crippen MR) is 102 cm³/mol. The van der Waals surface area contributed by atoms with Crippen LogP contribution in [0.15, 0.2) is 41.0 Å². The highest BCUT2D eigenvalue weighted by molar-refractivity contribution is 5.96. The van der Waals surface area contributed by atoms with Gasteiger partial charge in [-0.25, -0.2) is 4.79 Å². The smallest absolute Gasteiger partial charge is 0.329 e. The molecule has 0 saturated heterocycles. The summed E-state index contributed by atoms with van der Waals surface area (Å²) >= 11 is 0. The van der Waals surface area contributed by atoms with E-state index < -0.39 is 30.4 Å². The van der Waals surface area contributed by atoms with Crippen LogP contribution >= 0.6 is 0 Å². The van der Waals surface area contributed by atoms with Crippen molar-refractivity contribution in [3.63, 3.8) is 0 Å². The maximum absolute atomic E-state index is 12.4. The Morgan fingerprint density at radius 1 is 1.18 bits per heavy atom. The minimum Gasteiger partial charge on any atom is -0.495 e. The molecule has 1 atom stereocenters. The van der Waals surface area contributed by atoms with E-state index in [9.17, 15) is 14.4 Å². The molecule has 2 rings (SSSR count). The molecule has 0 aliphatic heterocycles. The van der Waals surface area contributed by atoms with Crippen LogP contribution in [0.4, 0.5) is 5.69 Å². The Morgan fingerprint density at radius 2 is 1.93 bits per heavy atom. The first kappa shape index (κ1) is 21.0. The lowest BCUT2D eigenvalue weighted by atomic mass is 10.0. The molecule has 1 heterocycles. The summed E-state index contributed by atoms with van der Waals surface area (Å²) in [7, 11) is 1.50. The SMILES string of the molecule is COc1ccc(C)cc1NC(=O)COC(=O)[C@@H](NC(=O)c1ccco1)C(C)C. The number of esters is 1. The second-order valence-corrected chi connectivity index (χ2v) is 6.53. The highest BCUT2D eigenvalue weighted by Gasteiger charge is 2.27. The van der Waals surface area contributed by atoms with Crippen molar-refractivity contribution in [3.8, 4) is 5.75 Å². The summed E-state index contributed by atoms with van der Waals surface area (Å²) in [4.78, 5) is 36.6. The van der Waals surface area contributed by atoms with Crippen LogP contribution in [0.2, 0.25) is 0 Å². The summed E-state index contributed by atoms with van der Waals surface area (Å²) in [6, 6.07) is 7.47. The molecule has 28 heavy (non-hydrogen) atoms. The first-order valence-electron chi connectivity index (χ1n) is 8.77. The molecule has 8 nitrogen and oxygen atoms in total. The molecule has 0 spiro atoms. The van der Waals surface area contributed by atoms with E-state index in [1.54, 1.807) is 32.0 Å². The number of carbonyl (C=O) groups is 3. The molecule has 150 valence electrons. The highest BCUT2D eigenvalue weighted by Crippen LogP contribution is 2.25. The highest BCUT2D eigenvalue weighted by atomic mass is 16.5. The number of furan rings is 1. The van der Waals surface area contributed by atoms with E-state index in [2.05, 4.69) is 10.6 Å². The molecule has 2 amide bonds. The fourth-order valence-corrected chi connectivity index (χ4v) is 2.45. The molecule has 0 aliphatic rings. The molecule has 2 aromatic rings. The second-order valence-electron chi connectivity index (χ2n) is 6.53. The van der Waals surface area contributed by atoms with E-state index in [4.69, 9.17) is 13.9 Å². The lowest BCUT2D eigenvalue weighted by Crippen LogP contribution is -2.45. The van der Waals surface area contributed by atoms with Crippen LogP contribution in [-0.2, 0) is 14.3 Å². The summed E-state index contributed by atoms with van der Waals surface area (Å²) in [5, 5.41) is 5.20. The molecule has 8 heteroatoms. The number of anilines is 1. The van der Waals surface area contributed by atoms with Gasteiger partial charge in [-0.05, 0) is 42.7 Å². The number of amides is 2. The zero-order chi connectivity index (χ0) is 20.7. The molecule has 0 radical (unpaired) electrons. The average Bonchev–Trinajstić information content (AvgIpc) is 3.19. The third-order valence-corrected chi connectivity index (χ3v) is 3.93. The van der Waals surface area contributed by atoms with Crippen LogP contribution < -0.4 is 15.4 Å². The van der Waals surface area contributed by atoms with Gasteiger partial charge < -0.3 is 24.5 Å². The molecular weight excluding hydrogens is 364 g/mol. The fourth-order valence-electron chi connectivity index (χ4n) is 2.45. The maximum atomic E-state index is 12.4. The zero-order valence-electron chi connectivity index (χ0n) is 16.3. The van der Waals surface area contributed by atoms with Gasteiger partial charge in [-0.2, -0.15) is 0 Å². The van der Waals surface area contributed by atoms with Crippen molar-refractivity contribution in [2.75, 3.05) is 19.0 Å². The average molecular weight is 388 g/mol. The van der Waals surface area contributed by atoms with E-state index in [1.807, 2.05) is 13.0 Å². The number of nitrogens with one attached hydrogen (secondary N) is 2. The molecule has 0 bridgehead atoms. The number of hydrogen-bond donors (Lipinski definition) is 2. The maximum Gasteiger partial charge on any atom is 0.329 e. The van der Waals surface area contributed by atoms with Crippen molar-refractivity contribution in [3.05, 3.63) is 47.9 Å². The van der Waals surface area contributed by atoms with Gasteiger partial charge in [-0.3, -0.25) is 9.59 Å². The van der Waals surface area contributed by atoms with Crippen LogP contribution in [-0.4, -0.2) is 37.5 Å². The van der Waals surface area contributed by atoms with Crippen LogP contribution in [0.3, 0.4) is 0 Å². The third kappa shape index (κ3) is 5.60. The van der Waals surface area contributed by atoms with Crippen LogP contribution in [0.5, 0.6) is 5.75 Å². The van der Waals surface area contributed by atoms with Crippen molar-refractivity contribution < 1.29 is 28.3 Å². The molecule has 0 unspecified atom stereocenters. The first-order chi connectivity index (χ1) is 13.3. The normalized spacial score (nSPS) is 11.6. The summed E-state index contributed by atoms with van der Waals surface area (Å²) in [5.74, 6) is -1.42. The minimum absolute atomic E-state index is 0.0859. The van der Waals surface area contributed by atoms with Gasteiger partial charge in [0.25, 0.3) is 11.8 Å². The van der Waals surface area contributed by atoms with E-state index in [1.165, 1.54) is 19.4 Å². The summed E-state index contributed by atoms with van der Waals surface area (Å²) in [6.45, 7) is 4.90. The number of rotatable bonds is 8. The number of benzene rings is 1. The van der Waals surface area contributed by atoms with E-state index in [-0.39, 0.29) is 11.7 Å². The summed E-state index contributed by atoms with van der Waals surface area (Å²) < 4.78 is 15.3.